The number of hydrogen-bond acceptors (Lipinski definition) is 3. The maximum atomic E-state index is 12.4. The van der Waals surface area contributed by atoms with E-state index in [4.69, 9.17) is 11.6 Å². The van der Waals surface area contributed by atoms with Crippen molar-refractivity contribution in [1.29, 1.82) is 0 Å². The molecule has 4 nitrogen and oxygen atoms in total. The highest BCUT2D eigenvalue weighted by molar-refractivity contribution is 6.30. The van der Waals surface area contributed by atoms with Crippen LogP contribution in [0.4, 0.5) is 0 Å². The third-order valence-electron chi connectivity index (χ3n) is 4.35. The molecular formula is C19H22ClN3O. The molecule has 1 aromatic carbocycles. The molecule has 1 fully saturated rings. The quantitative estimate of drug-likeness (QED) is 0.837. The second-order valence-corrected chi connectivity index (χ2v) is 6.54. The van der Waals surface area contributed by atoms with Crippen LogP contribution in [0.5, 0.6) is 0 Å². The van der Waals surface area contributed by atoms with Crippen LogP contribution in [0, 0.1) is 0 Å². The summed E-state index contributed by atoms with van der Waals surface area (Å²) in [6, 6.07) is 13.7. The zero-order chi connectivity index (χ0) is 16.8. The van der Waals surface area contributed by atoms with Crippen molar-refractivity contribution in [3.05, 3.63) is 64.9 Å². The van der Waals surface area contributed by atoms with Gasteiger partial charge in [-0.25, -0.2) is 0 Å². The molecular weight excluding hydrogens is 322 g/mol. The highest BCUT2D eigenvalue weighted by Gasteiger charge is 2.21. The molecule has 1 aromatic heterocycles. The number of pyridine rings is 1. The summed E-state index contributed by atoms with van der Waals surface area (Å²) < 4.78 is 0. The SMILES string of the molecule is O=C(CCc1cccc(Cl)c1)N1CCN(Cc2ccccn2)CC1. The zero-order valence-electron chi connectivity index (χ0n) is 13.7. The van der Waals surface area contributed by atoms with Crippen LogP contribution in [-0.4, -0.2) is 46.9 Å². The van der Waals surface area contributed by atoms with E-state index in [0.29, 0.717) is 6.42 Å². The summed E-state index contributed by atoms with van der Waals surface area (Å²) in [6.07, 6.45) is 3.11. The van der Waals surface area contributed by atoms with Gasteiger partial charge >= 0.3 is 0 Å². The van der Waals surface area contributed by atoms with E-state index in [9.17, 15) is 4.79 Å². The number of carbonyl (C=O) groups is 1. The Morgan fingerprint density at radius 3 is 2.62 bits per heavy atom. The van der Waals surface area contributed by atoms with Gasteiger partial charge in [0.1, 0.15) is 0 Å². The van der Waals surface area contributed by atoms with E-state index >= 15 is 0 Å². The lowest BCUT2D eigenvalue weighted by Gasteiger charge is -2.34. The topological polar surface area (TPSA) is 36.4 Å². The first-order valence-electron chi connectivity index (χ1n) is 8.35. The Morgan fingerprint density at radius 2 is 1.92 bits per heavy atom. The molecule has 0 spiro atoms. The summed E-state index contributed by atoms with van der Waals surface area (Å²) in [5.74, 6) is 0.229. The molecule has 2 aromatic rings. The Hall–Kier alpha value is -1.91. The van der Waals surface area contributed by atoms with E-state index in [1.165, 1.54) is 0 Å². The Bertz CT molecular complexity index is 669. The van der Waals surface area contributed by atoms with Gasteiger partial charge < -0.3 is 4.90 Å². The molecule has 1 aliphatic heterocycles. The summed E-state index contributed by atoms with van der Waals surface area (Å²) in [4.78, 5) is 21.1. The van der Waals surface area contributed by atoms with Gasteiger partial charge in [-0.3, -0.25) is 14.7 Å². The van der Waals surface area contributed by atoms with Crippen molar-refractivity contribution < 1.29 is 4.79 Å². The minimum atomic E-state index is 0.229. The van der Waals surface area contributed by atoms with Crippen LogP contribution in [0.3, 0.4) is 0 Å². The smallest absolute Gasteiger partial charge is 0.222 e. The monoisotopic (exact) mass is 343 g/mol. The lowest BCUT2D eigenvalue weighted by Crippen LogP contribution is -2.48. The van der Waals surface area contributed by atoms with Gasteiger partial charge in [-0.05, 0) is 36.2 Å². The molecule has 0 saturated carbocycles. The molecule has 1 amide bonds. The predicted octanol–water partition coefficient (Wildman–Crippen LogP) is 3.01. The maximum Gasteiger partial charge on any atom is 0.222 e. The van der Waals surface area contributed by atoms with Crippen LogP contribution in [0.2, 0.25) is 5.02 Å². The molecule has 0 radical (unpaired) electrons. The fourth-order valence-corrected chi connectivity index (χ4v) is 3.19. The average Bonchev–Trinajstić information content (AvgIpc) is 2.61. The van der Waals surface area contributed by atoms with E-state index in [-0.39, 0.29) is 5.91 Å². The van der Waals surface area contributed by atoms with Crippen LogP contribution in [-0.2, 0) is 17.8 Å². The van der Waals surface area contributed by atoms with E-state index in [0.717, 1.165) is 55.4 Å². The second-order valence-electron chi connectivity index (χ2n) is 6.11. The van der Waals surface area contributed by atoms with Gasteiger partial charge in [-0.1, -0.05) is 29.8 Å². The summed E-state index contributed by atoms with van der Waals surface area (Å²) in [6.45, 7) is 4.24. The molecule has 1 saturated heterocycles. The van der Waals surface area contributed by atoms with Crippen LogP contribution in [0.1, 0.15) is 17.7 Å². The number of rotatable bonds is 5. The largest absolute Gasteiger partial charge is 0.340 e. The van der Waals surface area contributed by atoms with Gasteiger partial charge in [-0.2, -0.15) is 0 Å². The summed E-state index contributed by atoms with van der Waals surface area (Å²) in [7, 11) is 0. The number of hydrogen-bond donors (Lipinski definition) is 0. The fourth-order valence-electron chi connectivity index (χ4n) is 2.98. The molecule has 0 atom stereocenters. The summed E-state index contributed by atoms with van der Waals surface area (Å²) in [5, 5.41) is 0.725. The Kier molecular flexibility index (Phi) is 5.83. The normalized spacial score (nSPS) is 15.5. The van der Waals surface area contributed by atoms with Crippen molar-refractivity contribution in [2.24, 2.45) is 0 Å². The first-order chi connectivity index (χ1) is 11.7. The first-order valence-corrected chi connectivity index (χ1v) is 8.73. The van der Waals surface area contributed by atoms with E-state index in [1.54, 1.807) is 0 Å². The lowest BCUT2D eigenvalue weighted by atomic mass is 10.1. The molecule has 1 aliphatic rings. The van der Waals surface area contributed by atoms with Gasteiger partial charge in [0.15, 0.2) is 0 Å². The zero-order valence-corrected chi connectivity index (χ0v) is 14.5. The van der Waals surface area contributed by atoms with Crippen LogP contribution in [0.25, 0.3) is 0 Å². The van der Waals surface area contributed by atoms with Gasteiger partial charge in [0.25, 0.3) is 0 Å². The van der Waals surface area contributed by atoms with Crippen molar-refractivity contribution in [3.8, 4) is 0 Å². The molecule has 126 valence electrons. The fraction of sp³-hybridized carbons (Fsp3) is 0.368. The van der Waals surface area contributed by atoms with Crippen molar-refractivity contribution >= 4 is 17.5 Å². The molecule has 0 aliphatic carbocycles. The Labute approximate surface area is 148 Å². The lowest BCUT2D eigenvalue weighted by molar-refractivity contribution is -0.133. The third-order valence-corrected chi connectivity index (χ3v) is 4.59. The Morgan fingerprint density at radius 1 is 1.08 bits per heavy atom. The highest BCUT2D eigenvalue weighted by Crippen LogP contribution is 2.14. The maximum absolute atomic E-state index is 12.4. The van der Waals surface area contributed by atoms with E-state index < -0.39 is 0 Å². The molecule has 5 heteroatoms. The van der Waals surface area contributed by atoms with Gasteiger partial charge in [0.2, 0.25) is 5.91 Å². The van der Waals surface area contributed by atoms with Crippen molar-refractivity contribution in [2.75, 3.05) is 26.2 Å². The molecule has 3 rings (SSSR count). The van der Waals surface area contributed by atoms with E-state index in [2.05, 4.69) is 9.88 Å². The van der Waals surface area contributed by atoms with Crippen molar-refractivity contribution in [2.45, 2.75) is 19.4 Å². The average molecular weight is 344 g/mol. The number of amides is 1. The number of aromatic nitrogens is 1. The first kappa shape index (κ1) is 16.9. The second kappa shape index (κ2) is 8.27. The van der Waals surface area contributed by atoms with Crippen LogP contribution >= 0.6 is 11.6 Å². The number of nitrogens with zero attached hydrogens (tertiary/aromatic N) is 3. The van der Waals surface area contributed by atoms with Crippen LogP contribution in [0.15, 0.2) is 48.7 Å². The molecule has 0 bridgehead atoms. The van der Waals surface area contributed by atoms with Gasteiger partial charge in [-0.15, -0.1) is 0 Å². The highest BCUT2D eigenvalue weighted by atomic mass is 35.5. The predicted molar refractivity (Wildman–Crippen MR) is 95.9 cm³/mol. The van der Waals surface area contributed by atoms with Gasteiger partial charge in [0.05, 0.1) is 5.69 Å². The Balaban J connectivity index is 1.43. The number of halogens is 1. The molecule has 0 N–H and O–H groups in total. The molecule has 2 heterocycles. The minimum absolute atomic E-state index is 0.229. The van der Waals surface area contributed by atoms with Crippen molar-refractivity contribution in [3.63, 3.8) is 0 Å². The number of benzene rings is 1. The standard InChI is InChI=1S/C19H22ClN3O/c20-17-5-3-4-16(14-17)7-8-19(24)23-12-10-22(11-13-23)15-18-6-1-2-9-21-18/h1-6,9,14H,7-8,10-13,15H2. The third kappa shape index (κ3) is 4.79. The summed E-state index contributed by atoms with van der Waals surface area (Å²) >= 11 is 5.99. The van der Waals surface area contributed by atoms with E-state index in [1.807, 2.05) is 53.6 Å². The number of carbonyl (C=O) groups excluding carboxylic acids is 1. The van der Waals surface area contributed by atoms with Crippen LogP contribution < -0.4 is 0 Å². The summed E-state index contributed by atoms with van der Waals surface area (Å²) in [5.41, 5.74) is 2.20. The van der Waals surface area contributed by atoms with Gasteiger partial charge in [0, 0.05) is 50.4 Å². The molecule has 0 unspecified atom stereocenters. The number of piperazine rings is 1. The number of aryl methyl sites for hydroxylation is 1. The van der Waals surface area contributed by atoms with Crippen molar-refractivity contribution in [1.82, 2.24) is 14.8 Å². The molecule has 24 heavy (non-hydrogen) atoms. The minimum Gasteiger partial charge on any atom is -0.340 e.